The zero-order chi connectivity index (χ0) is 17.0. The molecule has 0 saturated heterocycles. The number of hydrogen-bond acceptors (Lipinski definition) is 6. The molecule has 8 heteroatoms. The van der Waals surface area contributed by atoms with Crippen molar-refractivity contribution >= 4 is 34.9 Å². The number of benzene rings is 1. The second-order valence-electron chi connectivity index (χ2n) is 4.27. The number of carbonyl (C=O) groups excluding carboxylic acids is 2. The molecule has 2 aromatic rings. The molecule has 0 unspecified atom stereocenters. The van der Waals surface area contributed by atoms with Gasteiger partial charge in [-0.1, -0.05) is 18.2 Å². The molecule has 1 heterocycles. The van der Waals surface area contributed by atoms with Crippen LogP contribution in [0.15, 0.2) is 35.1 Å². The number of primary amides is 1. The molecule has 0 bridgehead atoms. The van der Waals surface area contributed by atoms with E-state index in [2.05, 4.69) is 4.74 Å². The van der Waals surface area contributed by atoms with E-state index in [4.69, 9.17) is 11.0 Å². The van der Waals surface area contributed by atoms with Crippen molar-refractivity contribution in [1.82, 2.24) is 4.57 Å². The third-order valence-electron chi connectivity index (χ3n) is 2.86. The minimum absolute atomic E-state index is 0.0321. The van der Waals surface area contributed by atoms with Crippen molar-refractivity contribution in [1.29, 1.82) is 5.26 Å². The number of rotatable bonds is 3. The van der Waals surface area contributed by atoms with E-state index in [1.165, 1.54) is 11.7 Å². The number of thiazole rings is 1. The molecule has 0 aliphatic rings. The number of aromatic nitrogens is 1. The molecule has 0 radical (unpaired) electrons. The lowest BCUT2D eigenvalue weighted by molar-refractivity contribution is -0.133. The molecule has 2 N–H and O–H groups in total. The van der Waals surface area contributed by atoms with Gasteiger partial charge in [0.15, 0.2) is 5.57 Å². The van der Waals surface area contributed by atoms with Crippen LogP contribution >= 0.6 is 11.3 Å². The number of carbonyl (C=O) groups is 2. The van der Waals surface area contributed by atoms with Crippen molar-refractivity contribution in [3.8, 4) is 11.8 Å². The second kappa shape index (κ2) is 6.72. The fourth-order valence-corrected chi connectivity index (χ4v) is 2.91. The van der Waals surface area contributed by atoms with Crippen molar-refractivity contribution in [3.05, 3.63) is 49.9 Å². The third-order valence-corrected chi connectivity index (χ3v) is 3.95. The number of hydrogen-bond donors (Lipinski definition) is 1. The van der Waals surface area contributed by atoms with Crippen LogP contribution in [0.2, 0.25) is 0 Å². The lowest BCUT2D eigenvalue weighted by Crippen LogP contribution is -2.32. The summed E-state index contributed by atoms with van der Waals surface area (Å²) in [7, 11) is 1.18. The number of para-hydroxylation sites is 1. The van der Waals surface area contributed by atoms with E-state index < -0.39 is 17.4 Å². The van der Waals surface area contributed by atoms with Crippen LogP contribution in [0.3, 0.4) is 0 Å². The first kappa shape index (κ1) is 16.2. The van der Waals surface area contributed by atoms with Gasteiger partial charge < -0.3 is 10.5 Å². The molecule has 1 amide bonds. The van der Waals surface area contributed by atoms with Gasteiger partial charge in [-0.25, -0.2) is 4.79 Å². The van der Waals surface area contributed by atoms with Crippen molar-refractivity contribution < 1.29 is 14.3 Å². The lowest BCUT2D eigenvalue weighted by atomic mass is 10.3. The molecule has 0 atom stereocenters. The van der Waals surface area contributed by atoms with Crippen LogP contribution in [-0.4, -0.2) is 23.6 Å². The Morgan fingerprint density at radius 2 is 2.00 bits per heavy atom. The van der Waals surface area contributed by atoms with Crippen LogP contribution in [0.25, 0.3) is 17.3 Å². The standard InChI is InChI=1S/C15H11N3O4S/c1-22-12(19)7-11-14(21)18(9-5-3-2-4-6-9)15(23-11)10(8-16)13(17)20/h2-7H,1H3,(H2,17,20)/b11-7+,15-10-. The Morgan fingerprint density at radius 3 is 2.52 bits per heavy atom. The summed E-state index contributed by atoms with van der Waals surface area (Å²) in [5.41, 5.74) is 4.74. The molecule has 116 valence electrons. The summed E-state index contributed by atoms with van der Waals surface area (Å²) in [6.45, 7) is 0. The Morgan fingerprint density at radius 1 is 1.35 bits per heavy atom. The average molecular weight is 329 g/mol. The van der Waals surface area contributed by atoms with E-state index in [1.54, 1.807) is 36.4 Å². The number of nitrogens with two attached hydrogens (primary N) is 1. The number of amides is 1. The molecule has 0 aliphatic heterocycles. The van der Waals surface area contributed by atoms with Gasteiger partial charge in [-0.05, 0) is 12.1 Å². The Balaban J connectivity index is 2.99. The van der Waals surface area contributed by atoms with E-state index in [-0.39, 0.29) is 14.8 Å². The summed E-state index contributed by atoms with van der Waals surface area (Å²) in [5, 5.41) is 9.15. The fourth-order valence-electron chi connectivity index (χ4n) is 1.84. The van der Waals surface area contributed by atoms with Crippen LogP contribution in [0.4, 0.5) is 0 Å². The highest BCUT2D eigenvalue weighted by atomic mass is 32.1. The molecule has 1 aromatic heterocycles. The molecule has 0 aliphatic carbocycles. The lowest BCUT2D eigenvalue weighted by Gasteiger charge is -2.01. The Bertz CT molecular complexity index is 980. The molecule has 1 aromatic carbocycles. The fraction of sp³-hybridized carbons (Fsp3) is 0.0667. The number of esters is 1. The van der Waals surface area contributed by atoms with Gasteiger partial charge in [0.25, 0.3) is 11.5 Å². The molecule has 2 rings (SSSR count). The zero-order valence-electron chi connectivity index (χ0n) is 12.0. The first-order valence-corrected chi connectivity index (χ1v) is 7.12. The smallest absolute Gasteiger partial charge is 0.332 e. The molecule has 7 nitrogen and oxygen atoms in total. The number of methoxy groups -OCH3 is 1. The predicted octanol–water partition coefficient (Wildman–Crippen LogP) is -0.988. The maximum atomic E-state index is 12.5. The van der Waals surface area contributed by atoms with Crippen LogP contribution in [-0.2, 0) is 14.3 Å². The summed E-state index contributed by atoms with van der Waals surface area (Å²) in [6.07, 6.45) is 1.01. The maximum Gasteiger partial charge on any atom is 0.332 e. The molecule has 0 fully saturated rings. The van der Waals surface area contributed by atoms with Crippen LogP contribution in [0, 0.1) is 11.3 Å². The van der Waals surface area contributed by atoms with Gasteiger partial charge in [-0.3, -0.25) is 14.2 Å². The highest BCUT2D eigenvalue weighted by molar-refractivity contribution is 7.07. The predicted molar refractivity (Wildman–Crippen MR) is 83.9 cm³/mol. The van der Waals surface area contributed by atoms with Gasteiger partial charge in [0, 0.05) is 6.08 Å². The molecule has 0 spiro atoms. The minimum atomic E-state index is -0.956. The van der Waals surface area contributed by atoms with Gasteiger partial charge in [-0.15, -0.1) is 11.3 Å². The second-order valence-corrected chi connectivity index (χ2v) is 5.30. The van der Waals surface area contributed by atoms with E-state index in [9.17, 15) is 14.4 Å². The van der Waals surface area contributed by atoms with Gasteiger partial charge in [0.2, 0.25) is 0 Å². The maximum absolute atomic E-state index is 12.5. The van der Waals surface area contributed by atoms with E-state index in [0.29, 0.717) is 5.69 Å². The first-order chi connectivity index (χ1) is 11.0. The summed E-state index contributed by atoms with van der Waals surface area (Å²) >= 11 is 0.819. The Labute approximate surface area is 134 Å². The average Bonchev–Trinajstić information content (AvgIpc) is 2.85. The highest BCUT2D eigenvalue weighted by Crippen LogP contribution is 2.02. The van der Waals surface area contributed by atoms with Gasteiger partial charge >= 0.3 is 5.97 Å². The largest absolute Gasteiger partial charge is 0.466 e. The van der Waals surface area contributed by atoms with Crippen molar-refractivity contribution in [2.75, 3.05) is 7.11 Å². The van der Waals surface area contributed by atoms with Gasteiger partial charge in [0.1, 0.15) is 15.3 Å². The van der Waals surface area contributed by atoms with Crippen molar-refractivity contribution in [2.24, 2.45) is 5.73 Å². The monoisotopic (exact) mass is 329 g/mol. The van der Waals surface area contributed by atoms with Crippen LogP contribution in [0.1, 0.15) is 0 Å². The number of nitriles is 1. The minimum Gasteiger partial charge on any atom is -0.466 e. The number of nitrogens with zero attached hydrogens (tertiary/aromatic N) is 2. The molecular formula is C15H11N3O4S. The summed E-state index contributed by atoms with van der Waals surface area (Å²) in [6, 6.07) is 10.1. The SMILES string of the molecule is COC(=O)/C=c1/s/c(=C(/C#N)C(N)=O)n(-c2ccccc2)c1=O. The third kappa shape index (κ3) is 3.20. The van der Waals surface area contributed by atoms with Gasteiger partial charge in [0.05, 0.1) is 12.8 Å². The first-order valence-electron chi connectivity index (χ1n) is 6.30. The quantitative estimate of drug-likeness (QED) is 0.726. The molecule has 23 heavy (non-hydrogen) atoms. The topological polar surface area (TPSA) is 115 Å². The molecule has 0 saturated carbocycles. The highest BCUT2D eigenvalue weighted by Gasteiger charge is 2.15. The van der Waals surface area contributed by atoms with Crippen LogP contribution < -0.4 is 20.5 Å². The van der Waals surface area contributed by atoms with E-state index in [0.717, 1.165) is 17.4 Å². The van der Waals surface area contributed by atoms with Gasteiger partial charge in [-0.2, -0.15) is 5.26 Å². The van der Waals surface area contributed by atoms with E-state index in [1.807, 2.05) is 0 Å². The summed E-state index contributed by atoms with van der Waals surface area (Å²) in [4.78, 5) is 35.4. The molecular weight excluding hydrogens is 318 g/mol. The Hall–Kier alpha value is -3.18. The zero-order valence-corrected chi connectivity index (χ0v) is 12.8. The van der Waals surface area contributed by atoms with Crippen LogP contribution in [0.5, 0.6) is 0 Å². The normalized spacial score (nSPS) is 12.4. The Kier molecular flexibility index (Phi) is 4.73. The summed E-state index contributed by atoms with van der Waals surface area (Å²) in [5.74, 6) is -1.67. The van der Waals surface area contributed by atoms with E-state index >= 15 is 0 Å². The number of ether oxygens (including phenoxy) is 1. The summed E-state index contributed by atoms with van der Waals surface area (Å²) < 4.78 is 5.76. The van der Waals surface area contributed by atoms with Crippen molar-refractivity contribution in [2.45, 2.75) is 0 Å². The van der Waals surface area contributed by atoms with Crippen molar-refractivity contribution in [3.63, 3.8) is 0 Å².